The van der Waals surface area contributed by atoms with Crippen molar-refractivity contribution >= 4 is 53.4 Å². The Morgan fingerprint density at radius 2 is 1.23 bits per heavy atom. The lowest BCUT2D eigenvalue weighted by atomic mass is 9.96. The smallest absolute Gasteiger partial charge is 0.0181 e. The van der Waals surface area contributed by atoms with E-state index in [0.717, 1.165) is 8.95 Å². The first-order valence-electron chi connectivity index (χ1n) is 7.09. The topological polar surface area (TPSA) is 0 Å². The number of hydrogen-bond acceptors (Lipinski definition) is 0. The summed E-state index contributed by atoms with van der Waals surface area (Å²) in [5.74, 6) is 0. The molecule has 0 spiro atoms. The van der Waals surface area contributed by atoms with Crippen molar-refractivity contribution < 1.29 is 0 Å². The third-order valence-corrected chi connectivity index (χ3v) is 4.94. The molecule has 0 radical (unpaired) electrons. The highest BCUT2D eigenvalue weighted by Crippen LogP contribution is 2.32. The Hall–Kier alpha value is -1.64. The minimum atomic E-state index is 1.11. The third kappa shape index (κ3) is 2.47. The normalized spacial score (nSPS) is 11.2. The molecule has 4 aromatic carbocycles. The van der Waals surface area contributed by atoms with Gasteiger partial charge in [-0.3, -0.25) is 0 Å². The fourth-order valence-corrected chi connectivity index (χ4v) is 3.62. The van der Waals surface area contributed by atoms with E-state index in [1.54, 1.807) is 0 Å². The lowest BCUT2D eigenvalue weighted by molar-refractivity contribution is 1.65. The molecule has 0 heterocycles. The summed E-state index contributed by atoms with van der Waals surface area (Å²) in [5.41, 5.74) is 2.52. The van der Waals surface area contributed by atoms with Crippen LogP contribution in [-0.2, 0) is 0 Å². The van der Waals surface area contributed by atoms with Crippen molar-refractivity contribution in [2.75, 3.05) is 0 Å². The molecule has 106 valence electrons. The molecule has 0 nitrogen and oxygen atoms in total. The van der Waals surface area contributed by atoms with Gasteiger partial charge in [0, 0.05) is 8.95 Å². The fourth-order valence-electron chi connectivity index (χ4n) is 2.88. The Bertz CT molecular complexity index is 1000. The van der Waals surface area contributed by atoms with Crippen LogP contribution < -0.4 is 0 Å². The Kier molecular flexibility index (Phi) is 3.51. The summed E-state index contributed by atoms with van der Waals surface area (Å²) >= 11 is 7.11. The van der Waals surface area contributed by atoms with E-state index in [1.165, 1.54) is 32.7 Å². The average Bonchev–Trinajstić information content (AvgIpc) is 2.54. The first kappa shape index (κ1) is 14.0. The first-order valence-corrected chi connectivity index (χ1v) is 8.67. The largest absolute Gasteiger partial charge is 0.0610 e. The van der Waals surface area contributed by atoms with Crippen LogP contribution in [0.5, 0.6) is 0 Å². The summed E-state index contributed by atoms with van der Waals surface area (Å²) in [6.07, 6.45) is 0. The highest BCUT2D eigenvalue weighted by atomic mass is 79.9. The molecule has 0 unspecified atom stereocenters. The van der Waals surface area contributed by atoms with Gasteiger partial charge in [0.05, 0.1) is 0 Å². The lowest BCUT2D eigenvalue weighted by Gasteiger charge is -2.09. The third-order valence-electron chi connectivity index (χ3n) is 3.96. The monoisotopic (exact) mass is 410 g/mol. The van der Waals surface area contributed by atoms with Crippen molar-refractivity contribution in [1.82, 2.24) is 0 Å². The molecule has 0 saturated heterocycles. The van der Waals surface area contributed by atoms with E-state index in [-0.39, 0.29) is 0 Å². The summed E-state index contributed by atoms with van der Waals surface area (Å²) in [6, 6.07) is 25.9. The van der Waals surface area contributed by atoms with Crippen LogP contribution in [0.1, 0.15) is 0 Å². The lowest BCUT2D eigenvalue weighted by Crippen LogP contribution is -1.83. The molecule has 22 heavy (non-hydrogen) atoms. The summed E-state index contributed by atoms with van der Waals surface area (Å²) in [5, 5.41) is 5.04. The van der Waals surface area contributed by atoms with Crippen LogP contribution in [0.4, 0.5) is 0 Å². The Morgan fingerprint density at radius 3 is 2.09 bits per heavy atom. The predicted octanol–water partition coefficient (Wildman–Crippen LogP) is 7.19. The van der Waals surface area contributed by atoms with Gasteiger partial charge in [0.25, 0.3) is 0 Å². The SMILES string of the molecule is Brc1ccc2cc(-c3cccc4ccc(Br)cc34)ccc2c1. The van der Waals surface area contributed by atoms with E-state index in [1.807, 2.05) is 0 Å². The number of halogens is 2. The molecule has 0 saturated carbocycles. The molecule has 0 aliphatic carbocycles. The maximum absolute atomic E-state index is 3.58. The summed E-state index contributed by atoms with van der Waals surface area (Å²) in [6.45, 7) is 0. The van der Waals surface area contributed by atoms with Crippen molar-refractivity contribution in [2.24, 2.45) is 0 Å². The van der Waals surface area contributed by atoms with Gasteiger partial charge < -0.3 is 0 Å². The predicted molar refractivity (Wildman–Crippen MR) is 102 cm³/mol. The van der Waals surface area contributed by atoms with Gasteiger partial charge in [0.1, 0.15) is 0 Å². The van der Waals surface area contributed by atoms with Crippen molar-refractivity contribution in [3.05, 3.63) is 81.7 Å². The zero-order valence-corrected chi connectivity index (χ0v) is 14.9. The van der Waals surface area contributed by atoms with Crippen LogP contribution in [0.25, 0.3) is 32.7 Å². The molecule has 0 bridgehead atoms. The minimum Gasteiger partial charge on any atom is -0.0610 e. The second kappa shape index (κ2) is 5.53. The standard InChI is InChI=1S/C20H12Br2/c21-17-9-7-14-10-16(5-4-15(14)11-17)19-3-1-2-13-6-8-18(22)12-20(13)19/h1-12H. The highest BCUT2D eigenvalue weighted by molar-refractivity contribution is 9.10. The molecule has 0 fully saturated rings. The summed E-state index contributed by atoms with van der Waals surface area (Å²) < 4.78 is 2.22. The molecular weight excluding hydrogens is 400 g/mol. The van der Waals surface area contributed by atoms with Crippen molar-refractivity contribution in [2.45, 2.75) is 0 Å². The van der Waals surface area contributed by atoms with E-state index >= 15 is 0 Å². The maximum atomic E-state index is 3.58. The quantitative estimate of drug-likeness (QED) is 0.311. The van der Waals surface area contributed by atoms with Crippen LogP contribution in [0, 0.1) is 0 Å². The zero-order valence-electron chi connectivity index (χ0n) is 11.7. The van der Waals surface area contributed by atoms with E-state index in [4.69, 9.17) is 0 Å². The van der Waals surface area contributed by atoms with E-state index < -0.39 is 0 Å². The molecule has 4 rings (SSSR count). The molecule has 0 N–H and O–H groups in total. The number of benzene rings is 4. The number of fused-ring (bicyclic) bond motifs is 2. The Labute approximate surface area is 146 Å². The molecule has 4 aromatic rings. The zero-order chi connectivity index (χ0) is 15.1. The van der Waals surface area contributed by atoms with Gasteiger partial charge in [0.2, 0.25) is 0 Å². The summed E-state index contributed by atoms with van der Waals surface area (Å²) in [4.78, 5) is 0. The van der Waals surface area contributed by atoms with Crippen LogP contribution in [-0.4, -0.2) is 0 Å². The minimum absolute atomic E-state index is 1.11. The van der Waals surface area contributed by atoms with Gasteiger partial charge in [-0.1, -0.05) is 74.3 Å². The fraction of sp³-hybridized carbons (Fsp3) is 0. The van der Waals surface area contributed by atoms with Crippen LogP contribution >= 0.6 is 31.9 Å². The van der Waals surface area contributed by atoms with Crippen LogP contribution in [0.3, 0.4) is 0 Å². The Balaban J connectivity index is 1.98. The van der Waals surface area contributed by atoms with Crippen molar-refractivity contribution in [3.8, 4) is 11.1 Å². The molecular formula is C20H12Br2. The van der Waals surface area contributed by atoms with Gasteiger partial charge in [-0.25, -0.2) is 0 Å². The molecule has 2 heteroatoms. The highest BCUT2D eigenvalue weighted by Gasteiger charge is 2.05. The van der Waals surface area contributed by atoms with Gasteiger partial charge >= 0.3 is 0 Å². The first-order chi connectivity index (χ1) is 10.7. The van der Waals surface area contributed by atoms with E-state index in [0.29, 0.717) is 0 Å². The second-order valence-corrected chi connectivity index (χ2v) is 7.21. The Morgan fingerprint density at radius 1 is 0.545 bits per heavy atom. The summed E-state index contributed by atoms with van der Waals surface area (Å²) in [7, 11) is 0. The number of rotatable bonds is 1. The van der Waals surface area contributed by atoms with Crippen LogP contribution in [0.15, 0.2) is 81.7 Å². The molecule has 0 aliphatic rings. The van der Waals surface area contributed by atoms with Crippen molar-refractivity contribution in [1.29, 1.82) is 0 Å². The van der Waals surface area contributed by atoms with Crippen molar-refractivity contribution in [3.63, 3.8) is 0 Å². The van der Waals surface area contributed by atoms with E-state index in [9.17, 15) is 0 Å². The van der Waals surface area contributed by atoms with E-state index in [2.05, 4.69) is 105 Å². The van der Waals surface area contributed by atoms with Crippen LogP contribution in [0.2, 0.25) is 0 Å². The maximum Gasteiger partial charge on any atom is 0.0181 e. The average molecular weight is 412 g/mol. The van der Waals surface area contributed by atoms with Gasteiger partial charge in [-0.15, -0.1) is 0 Å². The molecule has 0 aliphatic heterocycles. The number of hydrogen-bond donors (Lipinski definition) is 0. The van der Waals surface area contributed by atoms with Gasteiger partial charge in [0.15, 0.2) is 0 Å². The molecule has 0 aromatic heterocycles. The molecule has 0 atom stereocenters. The molecule has 0 amide bonds. The second-order valence-electron chi connectivity index (χ2n) is 5.38. The van der Waals surface area contributed by atoms with Gasteiger partial charge in [-0.05, 0) is 63.0 Å². The van der Waals surface area contributed by atoms with Gasteiger partial charge in [-0.2, -0.15) is 0 Å².